The van der Waals surface area contributed by atoms with E-state index >= 15 is 0 Å². The van der Waals surface area contributed by atoms with Gasteiger partial charge in [-0.3, -0.25) is 0 Å². The van der Waals surface area contributed by atoms with Crippen LogP contribution in [0.2, 0.25) is 0 Å². The minimum absolute atomic E-state index is 0. The Morgan fingerprint density at radius 3 is 1.79 bits per heavy atom. The molecule has 2 aliphatic rings. The Morgan fingerprint density at radius 1 is 0.667 bits per heavy atom. The third-order valence-corrected chi connectivity index (χ3v) is 3.98. The van der Waals surface area contributed by atoms with E-state index in [1.165, 1.54) is 0 Å². The Balaban J connectivity index is 0.00000288. The molecule has 8 N–H and O–H groups in total. The van der Waals surface area contributed by atoms with Gasteiger partial charge < -0.3 is 55.1 Å². The first-order valence-corrected chi connectivity index (χ1v) is 7.08. The Kier molecular flexibility index (Phi) is 8.57. The number of hydrogen-bond acceptors (Lipinski definition) is 11. The van der Waals surface area contributed by atoms with Crippen molar-refractivity contribution in [3.05, 3.63) is 0 Å². The van der Waals surface area contributed by atoms with Crippen LogP contribution in [0.4, 0.5) is 0 Å². The van der Waals surface area contributed by atoms with Crippen LogP contribution in [-0.2, 0) is 34.6 Å². The standard InChI is InChI=1S/C12H22O11.Re/c13-1-3-5(15)6(16)9(19)12(22-3)23-10-4(2-14)21-11(20)8(18)7(10)17;/h3-20H,1-2H2;/t3-,4-,5-,6+,7-,8-,9-,10-,11-,12-;/m1./s1. The fourth-order valence-corrected chi connectivity index (χ4v) is 2.57. The number of ether oxygens (including phenoxy) is 3. The molecule has 2 rings (SSSR count). The Labute approximate surface area is 150 Å². The fraction of sp³-hybridized carbons (Fsp3) is 1.00. The summed E-state index contributed by atoms with van der Waals surface area (Å²) in [6, 6.07) is 0. The summed E-state index contributed by atoms with van der Waals surface area (Å²) in [5, 5.41) is 76.5. The largest absolute Gasteiger partial charge is 0.394 e. The monoisotopic (exact) mass is 529 g/mol. The molecule has 12 heteroatoms. The minimum Gasteiger partial charge on any atom is -0.394 e. The molecule has 0 unspecified atom stereocenters. The third kappa shape index (κ3) is 4.30. The quantitative estimate of drug-likeness (QED) is 0.174. The number of rotatable bonds is 4. The van der Waals surface area contributed by atoms with E-state index < -0.39 is 74.6 Å². The van der Waals surface area contributed by atoms with Crippen molar-refractivity contribution in [2.75, 3.05) is 13.2 Å². The van der Waals surface area contributed by atoms with E-state index in [0.717, 1.165) is 0 Å². The smallest absolute Gasteiger partial charge is 0.187 e. The van der Waals surface area contributed by atoms with Crippen LogP contribution in [-0.4, -0.2) is 115 Å². The second kappa shape index (κ2) is 9.24. The van der Waals surface area contributed by atoms with Gasteiger partial charge in [0.15, 0.2) is 12.6 Å². The normalized spacial score (nSPS) is 49.5. The predicted molar refractivity (Wildman–Crippen MR) is 68.6 cm³/mol. The van der Waals surface area contributed by atoms with Crippen molar-refractivity contribution < 1.29 is 75.5 Å². The summed E-state index contributed by atoms with van der Waals surface area (Å²) in [4.78, 5) is 0. The van der Waals surface area contributed by atoms with E-state index in [2.05, 4.69) is 0 Å². The molecule has 0 saturated carbocycles. The molecule has 2 fully saturated rings. The summed E-state index contributed by atoms with van der Waals surface area (Å²) < 4.78 is 15.3. The molecule has 0 spiro atoms. The van der Waals surface area contributed by atoms with Crippen LogP contribution < -0.4 is 0 Å². The molecule has 0 aromatic rings. The van der Waals surface area contributed by atoms with E-state index in [1.807, 2.05) is 0 Å². The van der Waals surface area contributed by atoms with E-state index in [1.54, 1.807) is 0 Å². The van der Waals surface area contributed by atoms with E-state index in [9.17, 15) is 35.7 Å². The van der Waals surface area contributed by atoms with Crippen LogP contribution in [0.1, 0.15) is 0 Å². The van der Waals surface area contributed by atoms with Gasteiger partial charge in [-0.25, -0.2) is 0 Å². The van der Waals surface area contributed by atoms with Crippen molar-refractivity contribution in [2.45, 2.75) is 61.4 Å². The molecule has 2 heterocycles. The minimum atomic E-state index is -1.74. The molecule has 0 aromatic heterocycles. The summed E-state index contributed by atoms with van der Waals surface area (Å²) >= 11 is 0. The van der Waals surface area contributed by atoms with E-state index in [0.29, 0.717) is 0 Å². The van der Waals surface area contributed by atoms with E-state index in [-0.39, 0.29) is 20.4 Å². The van der Waals surface area contributed by atoms with Crippen molar-refractivity contribution in [1.29, 1.82) is 0 Å². The van der Waals surface area contributed by atoms with Crippen LogP contribution >= 0.6 is 0 Å². The zero-order valence-corrected chi connectivity index (χ0v) is 15.1. The summed E-state index contributed by atoms with van der Waals surface area (Å²) in [7, 11) is 0. The molecular weight excluding hydrogens is 506 g/mol. The van der Waals surface area contributed by atoms with Gasteiger partial charge in [0.25, 0.3) is 0 Å². The number of aliphatic hydroxyl groups excluding tert-OH is 8. The van der Waals surface area contributed by atoms with Crippen LogP contribution in [0, 0.1) is 0 Å². The summed E-state index contributed by atoms with van der Waals surface area (Å²) in [5.41, 5.74) is 0. The van der Waals surface area contributed by atoms with Crippen LogP contribution in [0.5, 0.6) is 0 Å². The van der Waals surface area contributed by atoms with Gasteiger partial charge in [-0.1, -0.05) is 0 Å². The average molecular weight is 529 g/mol. The second-order valence-corrected chi connectivity index (χ2v) is 5.53. The summed E-state index contributed by atoms with van der Waals surface area (Å²) in [5.74, 6) is 0. The van der Waals surface area contributed by atoms with Crippen molar-refractivity contribution in [3.63, 3.8) is 0 Å². The number of aliphatic hydroxyl groups is 8. The van der Waals surface area contributed by atoms with Crippen molar-refractivity contribution in [3.8, 4) is 0 Å². The summed E-state index contributed by atoms with van der Waals surface area (Å²) in [6.07, 6.45) is -15.6. The fourth-order valence-electron chi connectivity index (χ4n) is 2.57. The van der Waals surface area contributed by atoms with Gasteiger partial charge in [0.1, 0.15) is 48.8 Å². The van der Waals surface area contributed by atoms with Crippen LogP contribution in [0.3, 0.4) is 0 Å². The first-order valence-electron chi connectivity index (χ1n) is 7.08. The van der Waals surface area contributed by atoms with Gasteiger partial charge in [0.05, 0.1) is 13.2 Å². The average Bonchev–Trinajstić information content (AvgIpc) is 2.55. The zero-order valence-electron chi connectivity index (χ0n) is 12.4. The molecule has 2 saturated heterocycles. The molecule has 0 bridgehead atoms. The van der Waals surface area contributed by atoms with Gasteiger partial charge in [0.2, 0.25) is 0 Å². The molecule has 24 heavy (non-hydrogen) atoms. The molecule has 0 aromatic carbocycles. The maximum absolute atomic E-state index is 9.94. The third-order valence-electron chi connectivity index (χ3n) is 3.98. The summed E-state index contributed by atoms with van der Waals surface area (Å²) in [6.45, 7) is -1.35. The van der Waals surface area contributed by atoms with Gasteiger partial charge in [-0.05, 0) is 0 Å². The molecule has 1 radical (unpaired) electrons. The van der Waals surface area contributed by atoms with Gasteiger partial charge in [-0.2, -0.15) is 0 Å². The maximum atomic E-state index is 9.94. The van der Waals surface area contributed by atoms with Gasteiger partial charge in [-0.15, -0.1) is 0 Å². The van der Waals surface area contributed by atoms with Crippen LogP contribution in [0.25, 0.3) is 0 Å². The molecular formula is C12H22O11Re. The molecule has 143 valence electrons. The Bertz CT molecular complexity index is 384. The Morgan fingerprint density at radius 2 is 1.25 bits per heavy atom. The molecule has 10 atom stereocenters. The Hall–Kier alpha value is 0.222. The SMILES string of the molecule is OC[C@H]1O[C@H](O[C@H]2[C@H](O)[C@@H](O)[C@H](O)O[C@@H]2CO)[C@H](O)[C@@H](O)[C@@H]1O.[Re]. The van der Waals surface area contributed by atoms with Gasteiger partial charge in [0, 0.05) is 20.4 Å². The maximum Gasteiger partial charge on any atom is 0.187 e. The second-order valence-electron chi connectivity index (χ2n) is 5.53. The van der Waals surface area contributed by atoms with Crippen molar-refractivity contribution >= 4 is 0 Å². The van der Waals surface area contributed by atoms with E-state index in [4.69, 9.17) is 19.3 Å². The molecule has 2 aliphatic heterocycles. The van der Waals surface area contributed by atoms with Crippen LogP contribution in [0.15, 0.2) is 0 Å². The topological polar surface area (TPSA) is 190 Å². The first-order chi connectivity index (χ1) is 10.8. The first kappa shape index (κ1) is 22.3. The zero-order chi connectivity index (χ0) is 17.3. The van der Waals surface area contributed by atoms with Crippen molar-refractivity contribution in [1.82, 2.24) is 0 Å². The molecule has 0 aliphatic carbocycles. The molecule has 0 amide bonds. The van der Waals surface area contributed by atoms with Crippen molar-refractivity contribution in [2.24, 2.45) is 0 Å². The molecule has 11 nitrogen and oxygen atoms in total. The van der Waals surface area contributed by atoms with Gasteiger partial charge >= 0.3 is 0 Å². The predicted octanol–water partition coefficient (Wildman–Crippen LogP) is -5.40. The number of hydrogen-bond donors (Lipinski definition) is 8.